The molecule has 2 rings (SSSR count). The zero-order valence-electron chi connectivity index (χ0n) is 16.1. The van der Waals surface area contributed by atoms with E-state index in [4.69, 9.17) is 0 Å². The SMILES string of the molecule is CC(C)(C)c1cc(CCCc2ccccc2)c(C(C)(C)C)cc1O. The predicted molar refractivity (Wildman–Crippen MR) is 104 cm³/mol. The van der Waals surface area contributed by atoms with Crippen LogP contribution < -0.4 is 0 Å². The van der Waals surface area contributed by atoms with Gasteiger partial charge in [0.1, 0.15) is 5.75 Å². The van der Waals surface area contributed by atoms with Gasteiger partial charge in [-0.1, -0.05) is 77.9 Å². The Morgan fingerprint density at radius 3 is 1.88 bits per heavy atom. The summed E-state index contributed by atoms with van der Waals surface area (Å²) in [5, 5.41) is 10.5. The summed E-state index contributed by atoms with van der Waals surface area (Å²) in [6.07, 6.45) is 3.27. The van der Waals surface area contributed by atoms with Gasteiger partial charge in [-0.25, -0.2) is 0 Å². The molecule has 2 aromatic carbocycles. The Kier molecular flexibility index (Phi) is 5.42. The molecular weight excluding hydrogens is 292 g/mol. The van der Waals surface area contributed by atoms with Gasteiger partial charge in [-0.15, -0.1) is 0 Å². The Hall–Kier alpha value is -1.76. The fourth-order valence-electron chi connectivity index (χ4n) is 3.27. The molecule has 130 valence electrons. The van der Waals surface area contributed by atoms with E-state index in [0.717, 1.165) is 24.8 Å². The van der Waals surface area contributed by atoms with Crippen LogP contribution in [0.2, 0.25) is 0 Å². The van der Waals surface area contributed by atoms with Crippen LogP contribution in [0, 0.1) is 0 Å². The van der Waals surface area contributed by atoms with E-state index >= 15 is 0 Å². The molecule has 1 N–H and O–H groups in total. The highest BCUT2D eigenvalue weighted by molar-refractivity contribution is 5.47. The van der Waals surface area contributed by atoms with Crippen molar-refractivity contribution in [3.8, 4) is 5.75 Å². The number of benzene rings is 2. The molecule has 0 heterocycles. The zero-order chi connectivity index (χ0) is 18.0. The minimum Gasteiger partial charge on any atom is -0.508 e. The highest BCUT2D eigenvalue weighted by Gasteiger charge is 2.24. The Balaban J connectivity index is 2.28. The van der Waals surface area contributed by atoms with Crippen LogP contribution in [0.4, 0.5) is 0 Å². The van der Waals surface area contributed by atoms with E-state index in [-0.39, 0.29) is 10.8 Å². The van der Waals surface area contributed by atoms with Gasteiger partial charge in [0.25, 0.3) is 0 Å². The van der Waals surface area contributed by atoms with Gasteiger partial charge in [0.15, 0.2) is 0 Å². The van der Waals surface area contributed by atoms with Gasteiger partial charge in [-0.3, -0.25) is 0 Å². The molecule has 1 heteroatoms. The van der Waals surface area contributed by atoms with Gasteiger partial charge in [-0.2, -0.15) is 0 Å². The van der Waals surface area contributed by atoms with Gasteiger partial charge < -0.3 is 5.11 Å². The smallest absolute Gasteiger partial charge is 0.119 e. The second-order valence-corrected chi connectivity index (χ2v) is 8.87. The number of hydrogen-bond donors (Lipinski definition) is 1. The predicted octanol–water partition coefficient (Wildman–Crippen LogP) is 6.16. The third-order valence-electron chi connectivity index (χ3n) is 4.59. The van der Waals surface area contributed by atoms with Crippen molar-refractivity contribution in [2.45, 2.75) is 71.6 Å². The molecule has 0 amide bonds. The lowest BCUT2D eigenvalue weighted by molar-refractivity contribution is 0.442. The third kappa shape index (κ3) is 4.63. The second kappa shape index (κ2) is 7.01. The summed E-state index contributed by atoms with van der Waals surface area (Å²) in [5.41, 5.74) is 5.07. The molecule has 0 aromatic heterocycles. The van der Waals surface area contributed by atoms with Crippen molar-refractivity contribution >= 4 is 0 Å². The van der Waals surface area contributed by atoms with E-state index in [2.05, 4.69) is 77.9 Å². The minimum absolute atomic E-state index is 0.0377. The quantitative estimate of drug-likeness (QED) is 0.713. The number of hydrogen-bond acceptors (Lipinski definition) is 1. The number of phenolic OH excluding ortho intramolecular Hbond substituents is 1. The molecule has 0 atom stereocenters. The lowest BCUT2D eigenvalue weighted by Gasteiger charge is -2.28. The summed E-state index contributed by atoms with van der Waals surface area (Å²) < 4.78 is 0. The second-order valence-electron chi connectivity index (χ2n) is 8.87. The van der Waals surface area contributed by atoms with Crippen LogP contribution in [0.25, 0.3) is 0 Å². The summed E-state index contributed by atoms with van der Waals surface area (Å²) >= 11 is 0. The van der Waals surface area contributed by atoms with E-state index in [9.17, 15) is 5.11 Å². The lowest BCUT2D eigenvalue weighted by atomic mass is 9.77. The maximum absolute atomic E-state index is 10.5. The zero-order valence-corrected chi connectivity index (χ0v) is 16.1. The monoisotopic (exact) mass is 324 g/mol. The van der Waals surface area contributed by atoms with E-state index < -0.39 is 0 Å². The van der Waals surface area contributed by atoms with Gasteiger partial charge in [0.2, 0.25) is 0 Å². The van der Waals surface area contributed by atoms with Gasteiger partial charge in [-0.05, 0) is 58.4 Å². The van der Waals surface area contributed by atoms with Crippen LogP contribution in [0.5, 0.6) is 5.75 Å². The summed E-state index contributed by atoms with van der Waals surface area (Å²) in [5.74, 6) is 0.430. The number of aryl methyl sites for hydroxylation is 2. The molecule has 0 fully saturated rings. The first-order valence-corrected chi connectivity index (χ1v) is 9.00. The molecule has 0 aliphatic heterocycles. The molecular formula is C23H32O. The van der Waals surface area contributed by atoms with Crippen molar-refractivity contribution in [3.63, 3.8) is 0 Å². The molecule has 1 nitrogen and oxygen atoms in total. The molecule has 0 bridgehead atoms. The standard InChI is InChI=1S/C23H32O/c1-22(2,3)19-16-21(24)20(23(4,5)6)15-18(19)14-10-13-17-11-8-7-9-12-17/h7-9,11-12,15-16,24H,10,13-14H2,1-6H3. The Labute approximate surface area is 147 Å². The molecule has 0 saturated heterocycles. The first-order valence-electron chi connectivity index (χ1n) is 9.00. The van der Waals surface area contributed by atoms with Crippen molar-refractivity contribution in [1.29, 1.82) is 0 Å². The molecule has 0 aliphatic rings. The van der Waals surface area contributed by atoms with Crippen molar-refractivity contribution in [2.24, 2.45) is 0 Å². The van der Waals surface area contributed by atoms with Gasteiger partial charge >= 0.3 is 0 Å². The van der Waals surface area contributed by atoms with Crippen LogP contribution in [-0.2, 0) is 23.7 Å². The molecule has 24 heavy (non-hydrogen) atoms. The maximum atomic E-state index is 10.5. The number of rotatable bonds is 4. The van der Waals surface area contributed by atoms with Crippen LogP contribution in [-0.4, -0.2) is 5.11 Å². The maximum Gasteiger partial charge on any atom is 0.119 e. The van der Waals surface area contributed by atoms with Crippen molar-refractivity contribution < 1.29 is 5.11 Å². The normalized spacial score (nSPS) is 12.4. The summed E-state index contributed by atoms with van der Waals surface area (Å²) in [4.78, 5) is 0. The highest BCUT2D eigenvalue weighted by atomic mass is 16.3. The minimum atomic E-state index is -0.0469. The van der Waals surface area contributed by atoms with Crippen LogP contribution in [0.15, 0.2) is 42.5 Å². The Morgan fingerprint density at radius 2 is 1.33 bits per heavy atom. The van der Waals surface area contributed by atoms with Crippen molar-refractivity contribution in [2.75, 3.05) is 0 Å². The van der Waals surface area contributed by atoms with Crippen molar-refractivity contribution in [1.82, 2.24) is 0 Å². The van der Waals surface area contributed by atoms with Crippen LogP contribution >= 0.6 is 0 Å². The average Bonchev–Trinajstić information content (AvgIpc) is 2.47. The summed E-state index contributed by atoms with van der Waals surface area (Å²) in [6, 6.07) is 14.9. The van der Waals surface area contributed by atoms with E-state index in [1.54, 1.807) is 0 Å². The average molecular weight is 325 g/mol. The van der Waals surface area contributed by atoms with Crippen LogP contribution in [0.1, 0.15) is 70.2 Å². The van der Waals surface area contributed by atoms with Gasteiger partial charge in [0, 0.05) is 0 Å². The molecule has 0 aliphatic carbocycles. The molecule has 2 aromatic rings. The topological polar surface area (TPSA) is 20.2 Å². The highest BCUT2D eigenvalue weighted by Crippen LogP contribution is 2.37. The fraction of sp³-hybridized carbons (Fsp3) is 0.478. The Bertz CT molecular complexity index is 670. The first kappa shape index (κ1) is 18.6. The number of phenols is 1. The molecule has 0 saturated carbocycles. The van der Waals surface area contributed by atoms with Gasteiger partial charge in [0.05, 0.1) is 0 Å². The molecule has 0 spiro atoms. The largest absolute Gasteiger partial charge is 0.508 e. The lowest BCUT2D eigenvalue weighted by Crippen LogP contribution is -2.18. The molecule has 0 radical (unpaired) electrons. The number of aromatic hydroxyl groups is 1. The summed E-state index contributed by atoms with van der Waals surface area (Å²) in [6.45, 7) is 13.1. The third-order valence-corrected chi connectivity index (χ3v) is 4.59. The van der Waals surface area contributed by atoms with E-state index in [0.29, 0.717) is 5.75 Å². The fourth-order valence-corrected chi connectivity index (χ4v) is 3.27. The first-order chi connectivity index (χ1) is 11.1. The molecule has 0 unspecified atom stereocenters. The summed E-state index contributed by atoms with van der Waals surface area (Å²) in [7, 11) is 0. The Morgan fingerprint density at radius 1 is 0.750 bits per heavy atom. The van der Waals surface area contributed by atoms with E-state index in [1.165, 1.54) is 16.7 Å². The van der Waals surface area contributed by atoms with E-state index in [1.807, 2.05) is 6.07 Å². The van der Waals surface area contributed by atoms with Crippen LogP contribution in [0.3, 0.4) is 0 Å². The van der Waals surface area contributed by atoms with Crippen molar-refractivity contribution in [3.05, 3.63) is 64.7 Å².